The number of ketones is 1. The first kappa shape index (κ1) is 11.6. The normalized spacial score (nSPS) is 10.4. The molecule has 1 nitrogen and oxygen atoms in total. The number of benzene rings is 1. The van der Waals surface area contributed by atoms with Gasteiger partial charge in [0.1, 0.15) is 0 Å². The molecule has 0 N–H and O–H groups in total. The molecule has 0 aliphatic carbocycles. The number of rotatable bonds is 2. The first-order valence-electron chi connectivity index (χ1n) is 4.95. The van der Waals surface area contributed by atoms with Gasteiger partial charge in [0.05, 0.1) is 4.88 Å². The summed E-state index contributed by atoms with van der Waals surface area (Å²) in [5.41, 5.74) is 2.87. The molecule has 0 unspecified atom stereocenters. The summed E-state index contributed by atoms with van der Waals surface area (Å²) in [5, 5.41) is 1.95. The average molecular weight is 295 g/mol. The zero-order chi connectivity index (χ0) is 11.7. The van der Waals surface area contributed by atoms with Crippen LogP contribution in [0.15, 0.2) is 34.1 Å². The third-order valence-electron chi connectivity index (χ3n) is 2.50. The molecular formula is C13H11BrOS. The molecule has 0 saturated heterocycles. The predicted molar refractivity (Wildman–Crippen MR) is 71.4 cm³/mol. The minimum absolute atomic E-state index is 0.100. The minimum Gasteiger partial charge on any atom is -0.288 e. The van der Waals surface area contributed by atoms with E-state index in [1.54, 1.807) is 0 Å². The van der Waals surface area contributed by atoms with Crippen molar-refractivity contribution in [3.05, 3.63) is 55.7 Å². The number of carbonyl (C=O) groups is 1. The summed E-state index contributed by atoms with van der Waals surface area (Å²) < 4.78 is 0.896. The Labute approximate surface area is 107 Å². The van der Waals surface area contributed by atoms with Crippen molar-refractivity contribution in [1.29, 1.82) is 0 Å². The van der Waals surface area contributed by atoms with Crippen LogP contribution in [0.2, 0.25) is 0 Å². The van der Waals surface area contributed by atoms with Crippen LogP contribution in [0.3, 0.4) is 0 Å². The second-order valence-electron chi connectivity index (χ2n) is 3.70. The van der Waals surface area contributed by atoms with E-state index in [1.807, 2.05) is 43.5 Å². The molecule has 82 valence electrons. The average Bonchev–Trinajstić information content (AvgIpc) is 2.68. The highest BCUT2D eigenvalue weighted by Crippen LogP contribution is 2.26. The minimum atomic E-state index is 0.100. The van der Waals surface area contributed by atoms with Crippen molar-refractivity contribution in [2.24, 2.45) is 0 Å². The van der Waals surface area contributed by atoms with E-state index >= 15 is 0 Å². The molecule has 0 saturated carbocycles. The zero-order valence-corrected chi connectivity index (χ0v) is 11.5. The molecule has 0 atom stereocenters. The van der Waals surface area contributed by atoms with Crippen LogP contribution in [0.5, 0.6) is 0 Å². The molecule has 0 aliphatic rings. The SMILES string of the molecule is Cc1ccsc1C(=O)c1cccc(C)c1Br. The molecule has 2 aromatic rings. The second-order valence-corrected chi connectivity index (χ2v) is 5.41. The van der Waals surface area contributed by atoms with Crippen LogP contribution in [-0.2, 0) is 0 Å². The number of halogens is 1. The fourth-order valence-electron chi connectivity index (χ4n) is 1.55. The van der Waals surface area contributed by atoms with Gasteiger partial charge in [-0.1, -0.05) is 12.1 Å². The number of carbonyl (C=O) groups excluding carboxylic acids is 1. The van der Waals surface area contributed by atoms with Gasteiger partial charge >= 0.3 is 0 Å². The van der Waals surface area contributed by atoms with Crippen LogP contribution in [0.1, 0.15) is 26.4 Å². The third-order valence-corrected chi connectivity index (χ3v) is 4.57. The van der Waals surface area contributed by atoms with Crippen molar-refractivity contribution in [3.63, 3.8) is 0 Å². The Bertz CT molecular complexity index is 543. The standard InChI is InChI=1S/C13H11BrOS/c1-8-4-3-5-10(11(8)14)12(15)13-9(2)6-7-16-13/h3-7H,1-2H3. The highest BCUT2D eigenvalue weighted by atomic mass is 79.9. The van der Waals surface area contributed by atoms with Crippen LogP contribution in [-0.4, -0.2) is 5.78 Å². The topological polar surface area (TPSA) is 17.1 Å². The van der Waals surface area contributed by atoms with Gasteiger partial charge in [0, 0.05) is 10.0 Å². The molecule has 1 aromatic heterocycles. The Balaban J connectivity index is 2.50. The summed E-state index contributed by atoms with van der Waals surface area (Å²) >= 11 is 4.97. The fourth-order valence-corrected chi connectivity index (χ4v) is 2.87. The molecular weight excluding hydrogens is 284 g/mol. The zero-order valence-electron chi connectivity index (χ0n) is 9.08. The Hall–Kier alpha value is -0.930. The summed E-state index contributed by atoms with van der Waals surface area (Å²) in [7, 11) is 0. The van der Waals surface area contributed by atoms with E-state index in [0.717, 1.165) is 26.0 Å². The van der Waals surface area contributed by atoms with Crippen molar-refractivity contribution >= 4 is 33.0 Å². The van der Waals surface area contributed by atoms with E-state index in [1.165, 1.54) is 11.3 Å². The third kappa shape index (κ3) is 1.97. The summed E-state index contributed by atoms with van der Waals surface area (Å²) in [5.74, 6) is 0.100. The Kier molecular flexibility index (Phi) is 3.26. The lowest BCUT2D eigenvalue weighted by Crippen LogP contribution is -2.02. The molecule has 3 heteroatoms. The van der Waals surface area contributed by atoms with Crippen molar-refractivity contribution in [1.82, 2.24) is 0 Å². The number of thiophene rings is 1. The Morgan fingerprint density at radius 3 is 2.56 bits per heavy atom. The van der Waals surface area contributed by atoms with Crippen LogP contribution in [0, 0.1) is 13.8 Å². The molecule has 2 rings (SSSR count). The van der Waals surface area contributed by atoms with Crippen molar-refractivity contribution < 1.29 is 4.79 Å². The largest absolute Gasteiger partial charge is 0.288 e. The van der Waals surface area contributed by atoms with Crippen molar-refractivity contribution in [3.8, 4) is 0 Å². The van der Waals surface area contributed by atoms with Gasteiger partial charge in [-0.15, -0.1) is 11.3 Å². The monoisotopic (exact) mass is 294 g/mol. The van der Waals surface area contributed by atoms with Gasteiger partial charge in [-0.3, -0.25) is 4.79 Å². The van der Waals surface area contributed by atoms with Crippen LogP contribution in [0.25, 0.3) is 0 Å². The van der Waals surface area contributed by atoms with E-state index in [-0.39, 0.29) is 5.78 Å². The van der Waals surface area contributed by atoms with E-state index in [9.17, 15) is 4.79 Å². The highest BCUT2D eigenvalue weighted by molar-refractivity contribution is 9.10. The lowest BCUT2D eigenvalue weighted by Gasteiger charge is -2.05. The van der Waals surface area contributed by atoms with Gasteiger partial charge < -0.3 is 0 Å². The van der Waals surface area contributed by atoms with Gasteiger partial charge in [-0.05, 0) is 58.4 Å². The van der Waals surface area contributed by atoms with Gasteiger partial charge in [-0.25, -0.2) is 0 Å². The van der Waals surface area contributed by atoms with Crippen LogP contribution in [0.4, 0.5) is 0 Å². The van der Waals surface area contributed by atoms with Crippen LogP contribution >= 0.6 is 27.3 Å². The molecule has 0 fully saturated rings. The maximum atomic E-state index is 12.3. The maximum Gasteiger partial charge on any atom is 0.204 e. The molecule has 1 heterocycles. The summed E-state index contributed by atoms with van der Waals surface area (Å²) in [4.78, 5) is 13.1. The molecule has 16 heavy (non-hydrogen) atoms. The van der Waals surface area contributed by atoms with Crippen molar-refractivity contribution in [2.75, 3.05) is 0 Å². The second kappa shape index (κ2) is 4.52. The van der Waals surface area contributed by atoms with Gasteiger partial charge in [0.2, 0.25) is 5.78 Å². The van der Waals surface area contributed by atoms with Crippen LogP contribution < -0.4 is 0 Å². The maximum absolute atomic E-state index is 12.3. The summed E-state index contributed by atoms with van der Waals surface area (Å²) in [6.07, 6.45) is 0. The fraction of sp³-hybridized carbons (Fsp3) is 0.154. The molecule has 0 amide bonds. The number of hydrogen-bond acceptors (Lipinski definition) is 2. The molecule has 0 radical (unpaired) electrons. The quantitative estimate of drug-likeness (QED) is 0.752. The molecule has 1 aromatic carbocycles. The molecule has 0 aliphatic heterocycles. The Morgan fingerprint density at radius 2 is 1.94 bits per heavy atom. The van der Waals surface area contributed by atoms with E-state index in [0.29, 0.717) is 0 Å². The van der Waals surface area contributed by atoms with Gasteiger partial charge in [0.15, 0.2) is 0 Å². The van der Waals surface area contributed by atoms with E-state index in [4.69, 9.17) is 0 Å². The summed E-state index contributed by atoms with van der Waals surface area (Å²) in [6, 6.07) is 7.73. The van der Waals surface area contributed by atoms with Crippen molar-refractivity contribution in [2.45, 2.75) is 13.8 Å². The number of hydrogen-bond donors (Lipinski definition) is 0. The molecule has 0 spiro atoms. The summed E-state index contributed by atoms with van der Waals surface area (Å²) in [6.45, 7) is 3.95. The van der Waals surface area contributed by atoms with Gasteiger partial charge in [-0.2, -0.15) is 0 Å². The number of aryl methyl sites for hydroxylation is 2. The smallest absolute Gasteiger partial charge is 0.204 e. The first-order chi connectivity index (χ1) is 7.61. The lowest BCUT2D eigenvalue weighted by molar-refractivity contribution is 0.104. The predicted octanol–water partition coefficient (Wildman–Crippen LogP) is 4.36. The van der Waals surface area contributed by atoms with E-state index in [2.05, 4.69) is 15.9 Å². The highest BCUT2D eigenvalue weighted by Gasteiger charge is 2.16. The Morgan fingerprint density at radius 1 is 1.19 bits per heavy atom. The molecule has 0 bridgehead atoms. The van der Waals surface area contributed by atoms with E-state index < -0.39 is 0 Å². The first-order valence-corrected chi connectivity index (χ1v) is 6.62. The van der Waals surface area contributed by atoms with Gasteiger partial charge in [0.25, 0.3) is 0 Å². The lowest BCUT2D eigenvalue weighted by atomic mass is 10.1.